The van der Waals surface area contributed by atoms with Gasteiger partial charge < -0.3 is 19.0 Å². The molecule has 5 nitrogen and oxygen atoms in total. The van der Waals surface area contributed by atoms with Gasteiger partial charge in [0.2, 0.25) is 5.91 Å². The number of hydrogen-bond donors (Lipinski definition) is 0. The molecule has 0 N–H and O–H groups in total. The van der Waals surface area contributed by atoms with E-state index >= 15 is 0 Å². The molecule has 2 heterocycles. The van der Waals surface area contributed by atoms with Gasteiger partial charge in [0.25, 0.3) is 0 Å². The Morgan fingerprint density at radius 3 is 2.53 bits per heavy atom. The predicted octanol–water partition coefficient (Wildman–Crippen LogP) is 5.07. The lowest BCUT2D eigenvalue weighted by Gasteiger charge is -2.35. The highest BCUT2D eigenvalue weighted by atomic mass is 16.5. The highest BCUT2D eigenvalue weighted by Crippen LogP contribution is 2.38. The number of methoxy groups -OCH3 is 1. The first-order valence-corrected chi connectivity index (χ1v) is 11.5. The maximum atomic E-state index is 13.0. The Labute approximate surface area is 189 Å². The van der Waals surface area contributed by atoms with E-state index in [9.17, 15) is 4.79 Å². The minimum absolute atomic E-state index is 0.0617. The Morgan fingerprint density at radius 2 is 1.78 bits per heavy atom. The summed E-state index contributed by atoms with van der Waals surface area (Å²) in [6.07, 6.45) is 6.20. The van der Waals surface area contributed by atoms with Crippen LogP contribution in [-0.4, -0.2) is 44.1 Å². The number of nitrogens with zero attached hydrogens (tertiary/aromatic N) is 2. The zero-order chi connectivity index (χ0) is 22.1. The average molecular weight is 431 g/mol. The van der Waals surface area contributed by atoms with Gasteiger partial charge in [0.15, 0.2) is 0 Å². The molecule has 1 aromatic heterocycles. The van der Waals surface area contributed by atoms with Crippen molar-refractivity contribution in [2.45, 2.75) is 32.6 Å². The van der Waals surface area contributed by atoms with Gasteiger partial charge in [-0.05, 0) is 50.0 Å². The van der Waals surface area contributed by atoms with Gasteiger partial charge >= 0.3 is 0 Å². The minimum Gasteiger partial charge on any atom is -0.496 e. The van der Waals surface area contributed by atoms with Crippen molar-refractivity contribution in [3.8, 4) is 5.75 Å². The van der Waals surface area contributed by atoms with Crippen molar-refractivity contribution in [2.24, 2.45) is 0 Å². The summed E-state index contributed by atoms with van der Waals surface area (Å²) in [5.74, 6) is 1.92. The number of benzene rings is 2. The standard InChI is InChI=1S/C27H30N2O3/c1-19(16-27(30)29-14-12-28(13-15-29)20-8-4-3-5-9-20)22-17-23-21-10-6-7-11-24(21)32-26(23)18-25(22)31-2/h3-5,8-9,16-18H,6-7,10-15H2,1-2H3/b19-16+. The third-order valence-corrected chi connectivity index (χ3v) is 6.75. The second-order valence-corrected chi connectivity index (χ2v) is 8.73. The van der Waals surface area contributed by atoms with E-state index in [1.165, 1.54) is 24.1 Å². The summed E-state index contributed by atoms with van der Waals surface area (Å²) in [5.41, 5.74) is 5.31. The molecule has 1 saturated heterocycles. The van der Waals surface area contributed by atoms with Gasteiger partial charge in [0.1, 0.15) is 17.1 Å². The van der Waals surface area contributed by atoms with Gasteiger partial charge in [0.05, 0.1) is 7.11 Å². The Balaban J connectivity index is 1.36. The smallest absolute Gasteiger partial charge is 0.246 e. The second-order valence-electron chi connectivity index (χ2n) is 8.73. The first-order chi connectivity index (χ1) is 15.6. The normalized spacial score (nSPS) is 16.9. The number of allylic oxidation sites excluding steroid dienone is 1. The van der Waals surface area contributed by atoms with Gasteiger partial charge in [-0.3, -0.25) is 4.79 Å². The number of amides is 1. The zero-order valence-corrected chi connectivity index (χ0v) is 18.9. The molecule has 0 saturated carbocycles. The summed E-state index contributed by atoms with van der Waals surface area (Å²) in [6, 6.07) is 14.5. The largest absolute Gasteiger partial charge is 0.496 e. The maximum absolute atomic E-state index is 13.0. The fraction of sp³-hybridized carbons (Fsp3) is 0.370. The van der Waals surface area contributed by atoms with Gasteiger partial charge in [-0.15, -0.1) is 0 Å². The van der Waals surface area contributed by atoms with Crippen LogP contribution in [-0.2, 0) is 17.6 Å². The van der Waals surface area contributed by atoms with Crippen molar-refractivity contribution in [1.82, 2.24) is 4.90 Å². The third kappa shape index (κ3) is 3.88. The van der Waals surface area contributed by atoms with Crippen LogP contribution in [0.5, 0.6) is 5.75 Å². The molecule has 3 aromatic rings. The van der Waals surface area contributed by atoms with Crippen LogP contribution < -0.4 is 9.64 Å². The van der Waals surface area contributed by atoms with Crippen molar-refractivity contribution in [1.29, 1.82) is 0 Å². The van der Waals surface area contributed by atoms with Crippen LogP contribution in [0.3, 0.4) is 0 Å². The fourth-order valence-electron chi connectivity index (χ4n) is 4.94. The molecule has 166 valence electrons. The average Bonchev–Trinajstić information content (AvgIpc) is 3.21. The van der Waals surface area contributed by atoms with E-state index in [4.69, 9.17) is 9.15 Å². The van der Waals surface area contributed by atoms with E-state index in [-0.39, 0.29) is 5.91 Å². The topological polar surface area (TPSA) is 45.9 Å². The first-order valence-electron chi connectivity index (χ1n) is 11.5. The van der Waals surface area contributed by atoms with Crippen LogP contribution in [0.4, 0.5) is 5.69 Å². The van der Waals surface area contributed by atoms with Crippen LogP contribution in [0.2, 0.25) is 0 Å². The molecule has 2 aliphatic rings. The number of carbonyl (C=O) groups excluding carboxylic acids is 1. The molecule has 0 spiro atoms. The molecule has 1 amide bonds. The van der Waals surface area contributed by atoms with E-state index in [0.29, 0.717) is 0 Å². The summed E-state index contributed by atoms with van der Waals surface area (Å²) in [7, 11) is 1.67. The number of rotatable bonds is 4. The lowest BCUT2D eigenvalue weighted by Crippen LogP contribution is -2.48. The molecule has 5 heteroatoms. The van der Waals surface area contributed by atoms with E-state index in [0.717, 1.165) is 72.6 Å². The number of carbonyl (C=O) groups is 1. The molecule has 0 bridgehead atoms. The molecule has 1 fully saturated rings. The first kappa shape index (κ1) is 20.7. The van der Waals surface area contributed by atoms with Crippen LogP contribution in [0.1, 0.15) is 36.7 Å². The molecule has 2 aromatic carbocycles. The SMILES string of the molecule is COc1cc2oc3c(c2cc1/C(C)=C/C(=O)N1CCN(c2ccccc2)CC1)CCCC3. The van der Waals surface area contributed by atoms with Gasteiger partial charge in [-0.2, -0.15) is 0 Å². The summed E-state index contributed by atoms with van der Waals surface area (Å²) in [6.45, 7) is 5.14. The Morgan fingerprint density at radius 1 is 1.03 bits per heavy atom. The van der Waals surface area contributed by atoms with Crippen LogP contribution >= 0.6 is 0 Å². The van der Waals surface area contributed by atoms with E-state index in [2.05, 4.69) is 35.2 Å². The van der Waals surface area contributed by atoms with Crippen molar-refractivity contribution < 1.29 is 13.9 Å². The van der Waals surface area contributed by atoms with E-state index in [1.54, 1.807) is 13.2 Å². The summed E-state index contributed by atoms with van der Waals surface area (Å²) in [4.78, 5) is 17.3. The van der Waals surface area contributed by atoms with Crippen LogP contribution in [0.15, 0.2) is 53.0 Å². The van der Waals surface area contributed by atoms with Crippen molar-refractivity contribution >= 4 is 28.1 Å². The fourth-order valence-corrected chi connectivity index (χ4v) is 4.94. The zero-order valence-electron chi connectivity index (χ0n) is 18.9. The molecule has 1 aliphatic carbocycles. The van der Waals surface area contributed by atoms with E-state index < -0.39 is 0 Å². The molecule has 5 rings (SSSR count). The quantitative estimate of drug-likeness (QED) is 0.542. The van der Waals surface area contributed by atoms with Crippen molar-refractivity contribution in [2.75, 3.05) is 38.2 Å². The molecular weight excluding hydrogens is 400 g/mol. The second kappa shape index (κ2) is 8.73. The maximum Gasteiger partial charge on any atom is 0.246 e. The molecular formula is C27H30N2O3. The number of para-hydroxylation sites is 1. The van der Waals surface area contributed by atoms with Gasteiger partial charge in [-0.25, -0.2) is 0 Å². The molecule has 0 radical (unpaired) electrons. The van der Waals surface area contributed by atoms with E-state index in [1.807, 2.05) is 24.0 Å². The number of fused-ring (bicyclic) bond motifs is 3. The van der Waals surface area contributed by atoms with Gasteiger partial charge in [-0.1, -0.05) is 18.2 Å². The lowest BCUT2D eigenvalue weighted by molar-refractivity contribution is -0.126. The number of piperazine rings is 1. The predicted molar refractivity (Wildman–Crippen MR) is 128 cm³/mol. The van der Waals surface area contributed by atoms with Gasteiger partial charge in [0, 0.05) is 66.9 Å². The van der Waals surface area contributed by atoms with Crippen molar-refractivity contribution in [3.05, 3.63) is 65.4 Å². The number of anilines is 1. The molecule has 0 unspecified atom stereocenters. The van der Waals surface area contributed by atoms with Crippen molar-refractivity contribution in [3.63, 3.8) is 0 Å². The Kier molecular flexibility index (Phi) is 5.64. The number of aryl methyl sites for hydroxylation is 2. The number of ether oxygens (including phenoxy) is 1. The number of furan rings is 1. The lowest BCUT2D eigenvalue weighted by atomic mass is 9.94. The summed E-state index contributed by atoms with van der Waals surface area (Å²) in [5, 5.41) is 1.16. The van der Waals surface area contributed by atoms with Crippen LogP contribution in [0, 0.1) is 0 Å². The summed E-state index contributed by atoms with van der Waals surface area (Å²) < 4.78 is 11.8. The molecule has 1 aliphatic heterocycles. The molecule has 0 atom stereocenters. The molecule has 32 heavy (non-hydrogen) atoms. The Hall–Kier alpha value is -3.21. The number of hydrogen-bond acceptors (Lipinski definition) is 4. The highest BCUT2D eigenvalue weighted by molar-refractivity contribution is 5.97. The van der Waals surface area contributed by atoms with Crippen LogP contribution in [0.25, 0.3) is 16.5 Å². The highest BCUT2D eigenvalue weighted by Gasteiger charge is 2.22. The summed E-state index contributed by atoms with van der Waals surface area (Å²) >= 11 is 0. The monoisotopic (exact) mass is 430 g/mol. The Bertz CT molecular complexity index is 1150. The minimum atomic E-state index is 0.0617. The third-order valence-electron chi connectivity index (χ3n) is 6.75.